The van der Waals surface area contributed by atoms with Crippen LogP contribution in [0.4, 0.5) is 5.69 Å². The number of anilines is 1. The average molecular weight is 259 g/mol. The first-order valence-corrected chi connectivity index (χ1v) is 6.42. The van der Waals surface area contributed by atoms with E-state index < -0.39 is 0 Å². The number of benzene rings is 1. The van der Waals surface area contributed by atoms with Crippen LogP contribution in [0.3, 0.4) is 0 Å². The first-order valence-electron chi connectivity index (χ1n) is 6.42. The molecule has 100 valence electrons. The van der Waals surface area contributed by atoms with Crippen molar-refractivity contribution in [2.75, 3.05) is 12.8 Å². The highest BCUT2D eigenvalue weighted by Gasteiger charge is 2.35. The van der Waals surface area contributed by atoms with Crippen molar-refractivity contribution in [2.24, 2.45) is 5.92 Å². The molecule has 1 unspecified atom stereocenters. The van der Waals surface area contributed by atoms with Gasteiger partial charge in [-0.1, -0.05) is 11.2 Å². The summed E-state index contributed by atoms with van der Waals surface area (Å²) in [6.45, 7) is 1.96. The predicted octanol–water partition coefficient (Wildman–Crippen LogP) is 2.72. The Morgan fingerprint density at radius 1 is 1.42 bits per heavy atom. The van der Waals surface area contributed by atoms with Crippen LogP contribution in [0, 0.1) is 12.8 Å². The van der Waals surface area contributed by atoms with Gasteiger partial charge in [-0.05, 0) is 43.4 Å². The van der Waals surface area contributed by atoms with Gasteiger partial charge in [0.25, 0.3) is 5.89 Å². The van der Waals surface area contributed by atoms with E-state index in [-0.39, 0.29) is 6.10 Å². The molecule has 1 aliphatic rings. The number of hydrogen-bond acceptors (Lipinski definition) is 5. The van der Waals surface area contributed by atoms with Gasteiger partial charge in [0, 0.05) is 18.4 Å². The summed E-state index contributed by atoms with van der Waals surface area (Å²) in [4.78, 5) is 4.43. The number of hydrogen-bond donors (Lipinski definition) is 1. The lowest BCUT2D eigenvalue weighted by Crippen LogP contribution is -2.05. The summed E-state index contributed by atoms with van der Waals surface area (Å²) in [5.41, 5.74) is 8.50. The summed E-state index contributed by atoms with van der Waals surface area (Å²) >= 11 is 0. The van der Waals surface area contributed by atoms with Gasteiger partial charge < -0.3 is 15.0 Å². The molecular formula is C14H17N3O2. The van der Waals surface area contributed by atoms with Crippen molar-refractivity contribution < 1.29 is 9.26 Å². The van der Waals surface area contributed by atoms with Gasteiger partial charge in [-0.2, -0.15) is 4.98 Å². The van der Waals surface area contributed by atoms with E-state index in [9.17, 15) is 0 Å². The number of aryl methyl sites for hydroxylation is 1. The van der Waals surface area contributed by atoms with Crippen molar-refractivity contribution in [1.29, 1.82) is 0 Å². The van der Waals surface area contributed by atoms with E-state index in [2.05, 4.69) is 10.1 Å². The van der Waals surface area contributed by atoms with Gasteiger partial charge >= 0.3 is 0 Å². The Hall–Kier alpha value is -1.88. The zero-order valence-corrected chi connectivity index (χ0v) is 11.1. The first-order chi connectivity index (χ1) is 9.19. The Morgan fingerprint density at radius 2 is 2.21 bits per heavy atom. The molecule has 1 aromatic carbocycles. The minimum absolute atomic E-state index is 0.0553. The number of methoxy groups -OCH3 is 1. The molecule has 1 aromatic heterocycles. The van der Waals surface area contributed by atoms with Crippen LogP contribution in [0.5, 0.6) is 0 Å². The third-order valence-corrected chi connectivity index (χ3v) is 3.53. The van der Waals surface area contributed by atoms with Crippen LogP contribution >= 0.6 is 0 Å². The normalized spacial score (nSPS) is 16.5. The highest BCUT2D eigenvalue weighted by atomic mass is 16.5. The quantitative estimate of drug-likeness (QED) is 0.854. The van der Waals surface area contributed by atoms with E-state index in [0.717, 1.165) is 16.8 Å². The molecule has 1 heterocycles. The Morgan fingerprint density at radius 3 is 2.84 bits per heavy atom. The molecule has 19 heavy (non-hydrogen) atoms. The molecule has 0 saturated heterocycles. The van der Waals surface area contributed by atoms with Gasteiger partial charge in [0.2, 0.25) is 5.82 Å². The number of nitrogens with two attached hydrogens (primary N) is 1. The zero-order valence-electron chi connectivity index (χ0n) is 11.1. The summed E-state index contributed by atoms with van der Waals surface area (Å²) in [6.07, 6.45) is 2.28. The highest BCUT2D eigenvalue weighted by molar-refractivity contribution is 5.62. The standard InChI is InChI=1S/C14H17N3O2/c1-8-3-4-10(7-11(8)15)14-16-13(17-19-14)12(18-2)9-5-6-9/h3-4,7,9,12H,5-6,15H2,1-2H3. The summed E-state index contributed by atoms with van der Waals surface area (Å²) in [5.74, 6) is 1.64. The van der Waals surface area contributed by atoms with Crippen molar-refractivity contribution in [3.05, 3.63) is 29.6 Å². The molecule has 1 saturated carbocycles. The van der Waals surface area contributed by atoms with Crippen molar-refractivity contribution in [2.45, 2.75) is 25.9 Å². The molecule has 5 heteroatoms. The van der Waals surface area contributed by atoms with Crippen LogP contribution in [0.15, 0.2) is 22.7 Å². The van der Waals surface area contributed by atoms with E-state index in [1.165, 1.54) is 12.8 Å². The van der Waals surface area contributed by atoms with E-state index in [4.69, 9.17) is 15.0 Å². The van der Waals surface area contributed by atoms with Crippen LogP contribution in [0.25, 0.3) is 11.5 Å². The number of aromatic nitrogens is 2. The molecule has 0 amide bonds. The van der Waals surface area contributed by atoms with Crippen molar-refractivity contribution >= 4 is 5.69 Å². The van der Waals surface area contributed by atoms with Crippen LogP contribution in [-0.2, 0) is 4.74 Å². The third kappa shape index (κ3) is 2.33. The summed E-state index contributed by atoms with van der Waals surface area (Å²) in [6, 6.07) is 5.73. The maximum Gasteiger partial charge on any atom is 0.258 e. The van der Waals surface area contributed by atoms with Gasteiger partial charge in [-0.3, -0.25) is 0 Å². The molecule has 5 nitrogen and oxygen atoms in total. The fourth-order valence-electron chi connectivity index (χ4n) is 2.15. The second-order valence-electron chi connectivity index (χ2n) is 5.02. The molecule has 0 bridgehead atoms. The lowest BCUT2D eigenvalue weighted by atomic mass is 10.1. The average Bonchev–Trinajstić information content (AvgIpc) is 3.11. The minimum atomic E-state index is -0.0553. The molecule has 1 fully saturated rings. The van der Waals surface area contributed by atoms with Gasteiger partial charge in [0.05, 0.1) is 0 Å². The van der Waals surface area contributed by atoms with Gasteiger partial charge in [-0.25, -0.2) is 0 Å². The summed E-state index contributed by atoms with van der Waals surface area (Å²) in [5, 5.41) is 4.03. The molecule has 0 radical (unpaired) electrons. The topological polar surface area (TPSA) is 74.2 Å². The molecule has 3 rings (SSSR count). The van der Waals surface area contributed by atoms with Crippen LogP contribution < -0.4 is 5.73 Å². The smallest absolute Gasteiger partial charge is 0.258 e. The van der Waals surface area contributed by atoms with Crippen LogP contribution in [0.1, 0.15) is 30.3 Å². The third-order valence-electron chi connectivity index (χ3n) is 3.53. The SMILES string of the molecule is COC(c1noc(-c2ccc(C)c(N)c2)n1)C1CC1. The number of nitrogen functional groups attached to an aromatic ring is 1. The van der Waals surface area contributed by atoms with Gasteiger partial charge in [-0.15, -0.1) is 0 Å². The molecule has 1 atom stereocenters. The summed E-state index contributed by atoms with van der Waals surface area (Å²) in [7, 11) is 1.68. The van der Waals surface area contributed by atoms with E-state index >= 15 is 0 Å². The maximum absolute atomic E-state index is 5.89. The van der Waals surface area contributed by atoms with Gasteiger partial charge in [0.15, 0.2) is 0 Å². The molecule has 2 N–H and O–H groups in total. The molecule has 0 spiro atoms. The number of rotatable bonds is 4. The second kappa shape index (κ2) is 4.66. The first kappa shape index (κ1) is 12.2. The fourth-order valence-corrected chi connectivity index (χ4v) is 2.15. The van der Waals surface area contributed by atoms with E-state index in [1.807, 2.05) is 25.1 Å². The van der Waals surface area contributed by atoms with Crippen LogP contribution in [0.2, 0.25) is 0 Å². The van der Waals surface area contributed by atoms with Gasteiger partial charge in [0.1, 0.15) is 6.10 Å². The molecule has 2 aromatic rings. The largest absolute Gasteiger partial charge is 0.398 e. The Balaban J connectivity index is 1.89. The zero-order chi connectivity index (χ0) is 13.4. The Kier molecular flexibility index (Phi) is 2.98. The lowest BCUT2D eigenvalue weighted by Gasteiger charge is -2.08. The van der Waals surface area contributed by atoms with E-state index in [1.54, 1.807) is 7.11 Å². The minimum Gasteiger partial charge on any atom is -0.398 e. The Bertz CT molecular complexity index is 590. The van der Waals surface area contributed by atoms with Crippen molar-refractivity contribution in [1.82, 2.24) is 10.1 Å². The predicted molar refractivity (Wildman–Crippen MR) is 71.4 cm³/mol. The van der Waals surface area contributed by atoms with Crippen molar-refractivity contribution in [3.63, 3.8) is 0 Å². The van der Waals surface area contributed by atoms with E-state index in [0.29, 0.717) is 17.6 Å². The van der Waals surface area contributed by atoms with Crippen LogP contribution in [-0.4, -0.2) is 17.3 Å². The lowest BCUT2D eigenvalue weighted by molar-refractivity contribution is 0.0751. The Labute approximate surface area is 111 Å². The molecule has 1 aliphatic carbocycles. The second-order valence-corrected chi connectivity index (χ2v) is 5.02. The summed E-state index contributed by atoms with van der Waals surface area (Å²) < 4.78 is 10.8. The van der Waals surface area contributed by atoms with Crippen molar-refractivity contribution in [3.8, 4) is 11.5 Å². The fraction of sp³-hybridized carbons (Fsp3) is 0.429. The molecular weight excluding hydrogens is 242 g/mol. The monoisotopic (exact) mass is 259 g/mol. The highest BCUT2D eigenvalue weighted by Crippen LogP contribution is 2.42. The number of nitrogens with zero attached hydrogens (tertiary/aromatic N) is 2. The molecule has 0 aliphatic heterocycles. The number of ether oxygens (including phenoxy) is 1. The maximum atomic E-state index is 5.89.